The van der Waals surface area contributed by atoms with Crippen LogP contribution in [0.25, 0.3) is 11.4 Å². The molecule has 1 aliphatic heterocycles. The molecule has 2 amide bonds. The molecule has 0 spiro atoms. The first-order valence-corrected chi connectivity index (χ1v) is 7.67. The van der Waals surface area contributed by atoms with Crippen molar-refractivity contribution in [1.29, 1.82) is 0 Å². The standard InChI is InChI=1S/C16H20N4O3/c1-10-6-7-20(9-14(10)21)16(22)18-13-5-3-4-12(8-13)15-17-11(2)23-19-15/h3-5,8,10,14,21H,6-7,9H2,1-2H3,(H,18,22). The number of aliphatic hydroxyl groups is 1. The Morgan fingerprint density at radius 3 is 3.00 bits per heavy atom. The predicted octanol–water partition coefficient (Wildman–Crippen LogP) is 2.28. The minimum atomic E-state index is -0.469. The quantitative estimate of drug-likeness (QED) is 0.887. The zero-order valence-electron chi connectivity index (χ0n) is 13.2. The number of carbonyl (C=O) groups excluding carboxylic acids is 1. The third-order valence-corrected chi connectivity index (χ3v) is 4.11. The van der Waals surface area contributed by atoms with E-state index in [9.17, 15) is 9.90 Å². The van der Waals surface area contributed by atoms with Gasteiger partial charge in [0.2, 0.25) is 11.7 Å². The number of carbonyl (C=O) groups is 1. The molecule has 1 aromatic heterocycles. The molecular weight excluding hydrogens is 296 g/mol. The van der Waals surface area contributed by atoms with Crippen molar-refractivity contribution in [2.24, 2.45) is 5.92 Å². The highest BCUT2D eigenvalue weighted by Gasteiger charge is 2.27. The van der Waals surface area contributed by atoms with Gasteiger partial charge in [0, 0.05) is 31.3 Å². The van der Waals surface area contributed by atoms with Crippen LogP contribution < -0.4 is 5.32 Å². The minimum Gasteiger partial charge on any atom is -0.391 e. The summed E-state index contributed by atoms with van der Waals surface area (Å²) in [5.74, 6) is 1.20. The van der Waals surface area contributed by atoms with Gasteiger partial charge in [0.25, 0.3) is 0 Å². The number of nitrogens with one attached hydrogen (secondary N) is 1. The van der Waals surface area contributed by atoms with Crippen molar-refractivity contribution in [3.63, 3.8) is 0 Å². The Hall–Kier alpha value is -2.41. The van der Waals surface area contributed by atoms with E-state index in [0.717, 1.165) is 12.0 Å². The Morgan fingerprint density at radius 2 is 2.30 bits per heavy atom. The lowest BCUT2D eigenvalue weighted by atomic mass is 9.96. The van der Waals surface area contributed by atoms with E-state index in [1.165, 1.54) is 0 Å². The SMILES string of the molecule is Cc1nc(-c2cccc(NC(=O)N3CCC(C)C(O)C3)c2)no1. The lowest BCUT2D eigenvalue weighted by molar-refractivity contribution is 0.0464. The van der Waals surface area contributed by atoms with E-state index in [0.29, 0.717) is 30.5 Å². The molecule has 0 radical (unpaired) electrons. The molecule has 7 heteroatoms. The molecule has 1 aliphatic rings. The van der Waals surface area contributed by atoms with E-state index in [1.54, 1.807) is 24.0 Å². The monoisotopic (exact) mass is 316 g/mol. The van der Waals surface area contributed by atoms with Crippen LogP contribution in [0.5, 0.6) is 0 Å². The summed E-state index contributed by atoms with van der Waals surface area (Å²) in [6.45, 7) is 4.73. The fourth-order valence-corrected chi connectivity index (χ4v) is 2.59. The predicted molar refractivity (Wildman–Crippen MR) is 84.9 cm³/mol. The van der Waals surface area contributed by atoms with Crippen LogP contribution in [0.3, 0.4) is 0 Å². The fourth-order valence-electron chi connectivity index (χ4n) is 2.59. The van der Waals surface area contributed by atoms with Gasteiger partial charge in [0.1, 0.15) is 0 Å². The first-order chi connectivity index (χ1) is 11.0. The normalized spacial score (nSPS) is 21.3. The number of aromatic nitrogens is 2. The number of amides is 2. The molecule has 0 saturated carbocycles. The van der Waals surface area contributed by atoms with Gasteiger partial charge in [0.05, 0.1) is 6.10 Å². The molecule has 1 saturated heterocycles. The second-order valence-electron chi connectivity index (χ2n) is 5.93. The van der Waals surface area contributed by atoms with E-state index in [4.69, 9.17) is 4.52 Å². The second-order valence-corrected chi connectivity index (χ2v) is 5.93. The molecule has 0 bridgehead atoms. The average molecular weight is 316 g/mol. The maximum absolute atomic E-state index is 12.3. The molecule has 1 aromatic carbocycles. The Bertz CT molecular complexity index is 700. The van der Waals surface area contributed by atoms with Crippen molar-refractivity contribution in [3.8, 4) is 11.4 Å². The number of rotatable bonds is 2. The molecule has 2 aromatic rings. The van der Waals surface area contributed by atoms with Crippen LogP contribution in [0.4, 0.5) is 10.5 Å². The zero-order valence-corrected chi connectivity index (χ0v) is 13.2. The smallest absolute Gasteiger partial charge is 0.321 e. The maximum atomic E-state index is 12.3. The van der Waals surface area contributed by atoms with Crippen LogP contribution in [0.1, 0.15) is 19.2 Å². The van der Waals surface area contributed by atoms with Gasteiger partial charge in [-0.3, -0.25) is 0 Å². The highest BCUT2D eigenvalue weighted by molar-refractivity contribution is 5.90. The summed E-state index contributed by atoms with van der Waals surface area (Å²) in [4.78, 5) is 18.1. The number of hydrogen-bond acceptors (Lipinski definition) is 5. The van der Waals surface area contributed by atoms with Crippen LogP contribution in [0.15, 0.2) is 28.8 Å². The summed E-state index contributed by atoms with van der Waals surface area (Å²) in [6.07, 6.45) is 0.333. The van der Waals surface area contributed by atoms with E-state index >= 15 is 0 Å². The van der Waals surface area contributed by atoms with Crippen LogP contribution in [0, 0.1) is 12.8 Å². The van der Waals surface area contributed by atoms with Crippen LogP contribution >= 0.6 is 0 Å². The van der Waals surface area contributed by atoms with Gasteiger partial charge < -0.3 is 19.8 Å². The summed E-state index contributed by atoms with van der Waals surface area (Å²) in [7, 11) is 0. The van der Waals surface area contributed by atoms with Gasteiger partial charge in [-0.25, -0.2) is 4.79 Å². The van der Waals surface area contributed by atoms with Crippen LogP contribution in [0.2, 0.25) is 0 Å². The number of anilines is 1. The second kappa shape index (κ2) is 6.37. The van der Waals surface area contributed by atoms with Gasteiger partial charge in [-0.2, -0.15) is 4.98 Å². The topological polar surface area (TPSA) is 91.5 Å². The highest BCUT2D eigenvalue weighted by atomic mass is 16.5. The van der Waals surface area contributed by atoms with Crippen molar-refractivity contribution in [1.82, 2.24) is 15.0 Å². The van der Waals surface area contributed by atoms with Crippen molar-refractivity contribution < 1.29 is 14.4 Å². The molecule has 3 rings (SSSR count). The van der Waals surface area contributed by atoms with E-state index in [-0.39, 0.29) is 11.9 Å². The number of likely N-dealkylation sites (tertiary alicyclic amines) is 1. The molecule has 1 fully saturated rings. The maximum Gasteiger partial charge on any atom is 0.321 e. The molecule has 122 valence electrons. The van der Waals surface area contributed by atoms with Gasteiger partial charge >= 0.3 is 6.03 Å². The van der Waals surface area contributed by atoms with Crippen molar-refractivity contribution >= 4 is 11.7 Å². The van der Waals surface area contributed by atoms with Gasteiger partial charge in [-0.05, 0) is 24.5 Å². The number of β-amino-alcohol motifs (C(OH)–C–C–N with tert-alkyl or cyclic N) is 1. The largest absolute Gasteiger partial charge is 0.391 e. The lowest BCUT2D eigenvalue weighted by Gasteiger charge is -2.34. The lowest BCUT2D eigenvalue weighted by Crippen LogP contribution is -2.47. The summed E-state index contributed by atoms with van der Waals surface area (Å²) in [5.41, 5.74) is 1.43. The summed E-state index contributed by atoms with van der Waals surface area (Å²) in [5, 5.41) is 16.6. The summed E-state index contributed by atoms with van der Waals surface area (Å²) in [6, 6.07) is 7.07. The zero-order chi connectivity index (χ0) is 16.4. The summed E-state index contributed by atoms with van der Waals surface area (Å²) < 4.78 is 4.97. The average Bonchev–Trinajstić information content (AvgIpc) is 2.97. The number of aliphatic hydroxyl groups excluding tert-OH is 1. The van der Waals surface area contributed by atoms with Gasteiger partial charge in [-0.1, -0.05) is 24.2 Å². The molecule has 0 aliphatic carbocycles. The Morgan fingerprint density at radius 1 is 1.48 bits per heavy atom. The number of aryl methyl sites for hydroxylation is 1. The third-order valence-electron chi connectivity index (χ3n) is 4.11. The van der Waals surface area contributed by atoms with Crippen LogP contribution in [-0.2, 0) is 0 Å². The number of hydrogen-bond donors (Lipinski definition) is 2. The van der Waals surface area contributed by atoms with E-state index in [2.05, 4.69) is 15.5 Å². The first-order valence-electron chi connectivity index (χ1n) is 7.67. The Balaban J connectivity index is 1.69. The van der Waals surface area contributed by atoms with Gasteiger partial charge in [-0.15, -0.1) is 0 Å². The van der Waals surface area contributed by atoms with Gasteiger partial charge in [0.15, 0.2) is 0 Å². The van der Waals surface area contributed by atoms with E-state index in [1.807, 2.05) is 19.1 Å². The Labute approximate surface area is 134 Å². The number of benzene rings is 1. The number of nitrogens with zero attached hydrogens (tertiary/aromatic N) is 3. The molecule has 2 N–H and O–H groups in total. The highest BCUT2D eigenvalue weighted by Crippen LogP contribution is 2.21. The molecule has 23 heavy (non-hydrogen) atoms. The number of piperidine rings is 1. The third kappa shape index (κ3) is 3.50. The molecule has 7 nitrogen and oxygen atoms in total. The summed E-state index contributed by atoms with van der Waals surface area (Å²) >= 11 is 0. The van der Waals surface area contributed by atoms with Crippen molar-refractivity contribution in [2.75, 3.05) is 18.4 Å². The molecule has 2 atom stereocenters. The molecule has 2 heterocycles. The molecule has 2 unspecified atom stereocenters. The van der Waals surface area contributed by atoms with Crippen LogP contribution in [-0.4, -0.2) is 45.4 Å². The first kappa shape index (κ1) is 15.5. The van der Waals surface area contributed by atoms with Crippen molar-refractivity contribution in [3.05, 3.63) is 30.2 Å². The number of urea groups is 1. The van der Waals surface area contributed by atoms with E-state index < -0.39 is 6.10 Å². The Kier molecular flexibility index (Phi) is 4.29. The fraction of sp³-hybridized carbons (Fsp3) is 0.438. The molecular formula is C16H20N4O3. The minimum absolute atomic E-state index is 0.211. The van der Waals surface area contributed by atoms with Crippen molar-refractivity contribution in [2.45, 2.75) is 26.4 Å².